The van der Waals surface area contributed by atoms with Crippen molar-refractivity contribution >= 4 is 72.3 Å². The number of amides is 3. The number of piperidine rings is 1. The largest absolute Gasteiger partial charge is 0.496 e. The molecule has 20 nitrogen and oxygen atoms in total. The maximum atomic E-state index is 15.7. The van der Waals surface area contributed by atoms with Crippen molar-refractivity contribution in [1.82, 2.24) is 25.0 Å². The van der Waals surface area contributed by atoms with Gasteiger partial charge >= 0.3 is 17.9 Å². The summed E-state index contributed by atoms with van der Waals surface area (Å²) in [6.45, 7) is 8.21. The molecule has 1 spiro atoms. The average Bonchev–Trinajstić information content (AvgIpc) is 1.43. The van der Waals surface area contributed by atoms with Gasteiger partial charge in [0.1, 0.15) is 11.2 Å². The number of anilines is 1. The predicted octanol–water partition coefficient (Wildman–Crippen LogP) is 6.30. The molecule has 4 N–H and O–H groups in total. The average molecular weight is 1250 g/mol. The fourth-order valence-corrected chi connectivity index (χ4v) is 23.7. The second kappa shape index (κ2) is 25.7. The van der Waals surface area contributed by atoms with Crippen LogP contribution in [0.5, 0.6) is 5.75 Å². The Balaban J connectivity index is 0.876. The molecule has 3 amide bonds. The van der Waals surface area contributed by atoms with E-state index in [4.69, 9.17) is 23.4 Å². The summed E-state index contributed by atoms with van der Waals surface area (Å²) in [6, 6.07) is 13.7. The van der Waals surface area contributed by atoms with Crippen molar-refractivity contribution in [3.8, 4) is 5.75 Å². The Bertz CT molecular complexity index is 3170. The Morgan fingerprint density at radius 1 is 0.886 bits per heavy atom. The molecule has 2 aromatic carbocycles. The zero-order chi connectivity index (χ0) is 62.4. The first-order valence-corrected chi connectivity index (χ1v) is 35.8. The third kappa shape index (κ3) is 10.9. The number of esters is 3. The van der Waals surface area contributed by atoms with E-state index in [0.717, 1.165) is 77.2 Å². The Morgan fingerprint density at radius 3 is 2.41 bits per heavy atom. The van der Waals surface area contributed by atoms with Crippen molar-refractivity contribution in [2.24, 2.45) is 11.3 Å². The number of likely N-dealkylation sites (N-methyl/N-ethyl adjacent to an activating group) is 1. The number of carbonyl (C=O) groups is 6. The van der Waals surface area contributed by atoms with E-state index in [1.807, 2.05) is 32.2 Å². The van der Waals surface area contributed by atoms with Crippen LogP contribution >= 0.6 is 11.8 Å². The van der Waals surface area contributed by atoms with Crippen LogP contribution in [0.25, 0.3) is 10.9 Å². The van der Waals surface area contributed by atoms with Crippen LogP contribution in [0.1, 0.15) is 120 Å². The van der Waals surface area contributed by atoms with Crippen LogP contribution in [0.15, 0.2) is 48.6 Å². The van der Waals surface area contributed by atoms with Crippen LogP contribution in [0.3, 0.4) is 0 Å². The van der Waals surface area contributed by atoms with Gasteiger partial charge in [-0.15, -0.1) is 11.8 Å². The zero-order valence-corrected chi connectivity index (χ0v) is 54.4. The molecule has 3 aromatic rings. The summed E-state index contributed by atoms with van der Waals surface area (Å²) < 4.78 is 36.9. The fourth-order valence-electron chi connectivity index (χ4n) is 18.0. The molecule has 1 saturated carbocycles. The number of H-pyrrole nitrogens is 1. The third-order valence-corrected chi connectivity index (χ3v) is 27.6. The number of carbonyl (C=O) groups excluding carboxylic acids is 6. The predicted molar refractivity (Wildman–Crippen MR) is 336 cm³/mol. The number of likely N-dealkylation sites (tertiary alicyclic amines) is 1. The van der Waals surface area contributed by atoms with Crippen LogP contribution in [-0.2, 0) is 69.4 Å². The van der Waals surface area contributed by atoms with E-state index in [1.165, 1.54) is 38.0 Å². The standard InChI is InChI=1S/C66H92N6O14SSi/c1-8-62(79)39-43-40-65(60(77)83-6,55-45(21-27-70(41-43)42-62)44-18-11-12-19-48(44)68-55)47-36-46-49(37-50(47)81-4)69(3)58-64(46)24-28-71-26-17-23-63(9-2,57(64)71)59(66(58,80)61(78)84-7)86-88(33-14-10-15-34-88)35-16-13-20-52(73)67-25-30-85-31-29-72-53(74)38-51(56(72)76)87-32-22-54(75)82-5/h11-12,17-19,23,36-37,43,51,57-59,68,79-80H,8-10,13-16,20-22,24-35,38-42H2,1-7H3,(H,67,73)/t43-,51?,57+,58-,59-,62+,63-,64-,65+,66+/m1/s1. The SMILES string of the molecule is CC[C@]1(O)C[C@H]2CN(CCc3c([nH]c4ccccc34)[C@@](C(=O)OC)(c3cc4c(cc3OC)N(C)[C@H]3[C@@](O)(C(=O)OC)[C@H](O[Si]5(CCCCC(=O)NCCOCCN6C(=O)CC(SCCC(=O)OC)C6=O)CCCCC5)[C@]5(CC)C=CCN6CC[C@]43[C@@H]65)C2)C1. The molecule has 1 aliphatic carbocycles. The van der Waals surface area contributed by atoms with Gasteiger partial charge in [-0.1, -0.05) is 69.9 Å². The lowest BCUT2D eigenvalue weighted by Gasteiger charge is -2.65. The van der Waals surface area contributed by atoms with Crippen LogP contribution in [0, 0.1) is 11.3 Å². The topological polar surface area (TPSA) is 239 Å². The van der Waals surface area contributed by atoms with Gasteiger partial charge < -0.3 is 53.5 Å². The minimum atomic E-state index is -2.80. The summed E-state index contributed by atoms with van der Waals surface area (Å²) in [7, 11) is 4.93. The van der Waals surface area contributed by atoms with E-state index >= 15 is 9.59 Å². The molecule has 5 fully saturated rings. The maximum Gasteiger partial charge on any atom is 0.342 e. The molecule has 4 saturated heterocycles. The van der Waals surface area contributed by atoms with Gasteiger partial charge in [-0.2, -0.15) is 0 Å². The van der Waals surface area contributed by atoms with Crippen molar-refractivity contribution in [3.63, 3.8) is 0 Å². The molecule has 8 heterocycles. The molecule has 1 aromatic heterocycles. The lowest BCUT2D eigenvalue weighted by molar-refractivity contribution is -0.214. The number of fused-ring (bicyclic) bond motifs is 6. The number of hydrogen-bond donors (Lipinski definition) is 4. The molecule has 2 unspecified atom stereocenters. The number of nitrogens with one attached hydrogen (secondary N) is 2. The quantitative estimate of drug-likeness (QED) is 0.0203. The summed E-state index contributed by atoms with van der Waals surface area (Å²) in [6.07, 6.45) is 11.5. The van der Waals surface area contributed by atoms with E-state index in [0.29, 0.717) is 101 Å². The normalized spacial score (nSPS) is 32.1. The molecule has 88 heavy (non-hydrogen) atoms. The monoisotopic (exact) mass is 1250 g/mol. The first-order valence-electron chi connectivity index (χ1n) is 32.2. The van der Waals surface area contributed by atoms with Gasteiger partial charge in [0.15, 0.2) is 8.32 Å². The minimum Gasteiger partial charge on any atom is -0.496 e. The van der Waals surface area contributed by atoms with Crippen molar-refractivity contribution in [3.05, 3.63) is 70.9 Å². The Hall–Kier alpha value is -5.33. The van der Waals surface area contributed by atoms with E-state index < -0.39 is 65.1 Å². The minimum absolute atomic E-state index is 0.0824. The summed E-state index contributed by atoms with van der Waals surface area (Å²) >= 11 is 1.28. The van der Waals surface area contributed by atoms with Crippen molar-refractivity contribution < 1.29 is 67.1 Å². The number of nitrogens with zero attached hydrogens (tertiary/aromatic N) is 4. The smallest absolute Gasteiger partial charge is 0.342 e. The molecule has 11 atom stereocenters. The number of rotatable bonds is 23. The highest BCUT2D eigenvalue weighted by atomic mass is 32.2. The molecule has 480 valence electrons. The summed E-state index contributed by atoms with van der Waals surface area (Å²) in [5.41, 5.74) is -1.34. The number of aliphatic hydroxyl groups is 2. The van der Waals surface area contributed by atoms with Gasteiger partial charge in [-0.3, -0.25) is 38.7 Å². The van der Waals surface area contributed by atoms with Gasteiger partial charge in [0.25, 0.3) is 0 Å². The number of benzene rings is 2. The molecule has 8 aliphatic rings. The van der Waals surface area contributed by atoms with Crippen molar-refractivity contribution in [2.75, 3.05) is 105 Å². The number of ether oxygens (including phenoxy) is 5. The zero-order valence-electron chi connectivity index (χ0n) is 52.6. The Kier molecular flexibility index (Phi) is 18.8. The molecule has 2 bridgehead atoms. The number of hydrogen-bond acceptors (Lipinski definition) is 18. The molecule has 0 radical (unpaired) electrons. The number of aromatic nitrogens is 1. The third-order valence-electron chi connectivity index (χ3n) is 21.8. The highest BCUT2D eigenvalue weighted by Gasteiger charge is 2.80. The van der Waals surface area contributed by atoms with E-state index in [-0.39, 0.29) is 74.8 Å². The second-order valence-corrected chi connectivity index (χ2v) is 31.8. The van der Waals surface area contributed by atoms with Crippen molar-refractivity contribution in [1.29, 1.82) is 0 Å². The molecular formula is C66H92N6O14SSi. The number of methoxy groups -OCH3 is 4. The number of unbranched alkanes of at least 4 members (excludes halogenated alkanes) is 1. The molecule has 11 rings (SSSR count). The molecule has 22 heteroatoms. The van der Waals surface area contributed by atoms with Gasteiger partial charge in [0.2, 0.25) is 23.3 Å². The first kappa shape index (κ1) is 64.2. The molecular weight excluding hydrogens is 1160 g/mol. The number of aromatic amines is 1. The lowest BCUT2D eigenvalue weighted by atomic mass is 9.47. The number of imide groups is 1. The van der Waals surface area contributed by atoms with Gasteiger partial charge in [-0.05, 0) is 98.8 Å². The van der Waals surface area contributed by atoms with Crippen LogP contribution < -0.4 is 15.0 Å². The highest BCUT2D eigenvalue weighted by Crippen LogP contribution is 2.69. The Morgan fingerprint density at radius 2 is 1.67 bits per heavy atom. The van der Waals surface area contributed by atoms with Crippen LogP contribution in [0.4, 0.5) is 5.69 Å². The van der Waals surface area contributed by atoms with Crippen LogP contribution in [0.2, 0.25) is 18.1 Å². The number of thioether (sulfide) groups is 1. The van der Waals surface area contributed by atoms with Crippen molar-refractivity contribution in [2.45, 2.75) is 167 Å². The van der Waals surface area contributed by atoms with Gasteiger partial charge in [0, 0.05) is 109 Å². The first-order chi connectivity index (χ1) is 42.4. The second-order valence-electron chi connectivity index (χ2n) is 26.4. The van der Waals surface area contributed by atoms with E-state index in [2.05, 4.69) is 67.0 Å². The van der Waals surface area contributed by atoms with E-state index in [9.17, 15) is 29.4 Å². The van der Waals surface area contributed by atoms with Gasteiger partial charge in [-0.25, -0.2) is 4.79 Å². The van der Waals surface area contributed by atoms with E-state index in [1.54, 1.807) is 7.11 Å². The summed E-state index contributed by atoms with van der Waals surface area (Å²) in [4.78, 5) is 93.5. The van der Waals surface area contributed by atoms with Gasteiger partial charge in [0.05, 0.1) is 77.6 Å². The number of para-hydroxylation sites is 1. The molecule has 7 aliphatic heterocycles. The summed E-state index contributed by atoms with van der Waals surface area (Å²) in [5, 5.41) is 30.1. The summed E-state index contributed by atoms with van der Waals surface area (Å²) in [5.74, 6) is -1.47. The lowest BCUT2D eigenvalue weighted by Crippen LogP contribution is -2.82. The Labute approximate surface area is 522 Å². The maximum absolute atomic E-state index is 15.7. The highest BCUT2D eigenvalue weighted by molar-refractivity contribution is 8.00. The van der Waals surface area contributed by atoms with Crippen LogP contribution in [-0.4, -0.2) is 209 Å². The fraction of sp³-hybridized carbons (Fsp3) is 0.667.